The smallest absolute Gasteiger partial charge is 0.00351 e. The Morgan fingerprint density at radius 1 is 1.36 bits per heavy atom. The molecule has 0 aromatic heterocycles. The molecule has 11 heavy (non-hydrogen) atoms. The molecule has 1 saturated carbocycles. The predicted octanol–water partition coefficient (Wildman–Crippen LogP) is 2.13. The summed E-state index contributed by atoms with van der Waals surface area (Å²) < 4.78 is 0. The SMILES string of the molecule is CC1CN(C)CC2(CCC2)C1. The van der Waals surface area contributed by atoms with Crippen LogP contribution in [0, 0.1) is 11.3 Å². The van der Waals surface area contributed by atoms with Crippen LogP contribution in [0.15, 0.2) is 0 Å². The van der Waals surface area contributed by atoms with Crippen LogP contribution < -0.4 is 0 Å². The van der Waals surface area contributed by atoms with Gasteiger partial charge in [0.2, 0.25) is 0 Å². The molecule has 1 aliphatic heterocycles. The number of piperidine rings is 1. The van der Waals surface area contributed by atoms with Crippen LogP contribution in [0.3, 0.4) is 0 Å². The van der Waals surface area contributed by atoms with Crippen LogP contribution in [-0.2, 0) is 0 Å². The molecule has 1 heterocycles. The van der Waals surface area contributed by atoms with E-state index < -0.39 is 0 Å². The highest BCUT2D eigenvalue weighted by Gasteiger charge is 2.41. The second-order valence-electron chi connectivity index (χ2n) is 4.86. The Morgan fingerprint density at radius 2 is 2.09 bits per heavy atom. The van der Waals surface area contributed by atoms with Gasteiger partial charge in [-0.05, 0) is 37.6 Å². The van der Waals surface area contributed by atoms with Gasteiger partial charge in [-0.15, -0.1) is 0 Å². The zero-order valence-corrected chi connectivity index (χ0v) is 7.77. The van der Waals surface area contributed by atoms with E-state index in [4.69, 9.17) is 0 Å². The van der Waals surface area contributed by atoms with Crippen molar-refractivity contribution in [3.63, 3.8) is 0 Å². The van der Waals surface area contributed by atoms with Gasteiger partial charge in [-0.25, -0.2) is 0 Å². The van der Waals surface area contributed by atoms with E-state index in [2.05, 4.69) is 18.9 Å². The van der Waals surface area contributed by atoms with Gasteiger partial charge in [-0.1, -0.05) is 13.3 Å². The van der Waals surface area contributed by atoms with Crippen LogP contribution in [-0.4, -0.2) is 25.0 Å². The van der Waals surface area contributed by atoms with Crippen molar-refractivity contribution in [3.8, 4) is 0 Å². The van der Waals surface area contributed by atoms with E-state index in [0.29, 0.717) is 0 Å². The summed E-state index contributed by atoms with van der Waals surface area (Å²) in [6.45, 7) is 5.09. The van der Waals surface area contributed by atoms with Crippen molar-refractivity contribution in [3.05, 3.63) is 0 Å². The maximum absolute atomic E-state index is 2.52. The molecule has 2 fully saturated rings. The molecular weight excluding hydrogens is 134 g/mol. The van der Waals surface area contributed by atoms with Gasteiger partial charge in [0.25, 0.3) is 0 Å². The first-order valence-corrected chi connectivity index (χ1v) is 4.89. The number of hydrogen-bond acceptors (Lipinski definition) is 1. The second kappa shape index (κ2) is 2.48. The van der Waals surface area contributed by atoms with E-state index in [-0.39, 0.29) is 0 Å². The summed E-state index contributed by atoms with van der Waals surface area (Å²) in [7, 11) is 2.27. The number of nitrogens with zero attached hydrogens (tertiary/aromatic N) is 1. The van der Waals surface area contributed by atoms with Crippen LogP contribution in [0.5, 0.6) is 0 Å². The molecule has 0 radical (unpaired) electrons. The van der Waals surface area contributed by atoms with E-state index in [0.717, 1.165) is 11.3 Å². The number of hydrogen-bond donors (Lipinski definition) is 0. The lowest BCUT2D eigenvalue weighted by molar-refractivity contribution is 0.00612. The molecule has 2 rings (SSSR count). The highest BCUT2D eigenvalue weighted by Crippen LogP contribution is 2.48. The molecule has 1 spiro atoms. The van der Waals surface area contributed by atoms with Crippen molar-refractivity contribution in [2.24, 2.45) is 11.3 Å². The average molecular weight is 153 g/mol. The molecule has 2 aliphatic rings. The molecule has 0 aromatic carbocycles. The standard InChI is InChI=1S/C10H19N/c1-9-6-10(4-3-5-10)8-11(2)7-9/h9H,3-8H2,1-2H3. The maximum Gasteiger partial charge on any atom is 0.00351 e. The Bertz CT molecular complexity index is 137. The van der Waals surface area contributed by atoms with Crippen molar-refractivity contribution >= 4 is 0 Å². The normalized spacial score (nSPS) is 37.1. The first-order chi connectivity index (χ1) is 5.20. The van der Waals surface area contributed by atoms with Crippen LogP contribution in [0.2, 0.25) is 0 Å². The van der Waals surface area contributed by atoms with Gasteiger partial charge in [-0.2, -0.15) is 0 Å². The van der Waals surface area contributed by atoms with Gasteiger partial charge in [0.05, 0.1) is 0 Å². The molecule has 0 bridgehead atoms. The number of rotatable bonds is 0. The van der Waals surface area contributed by atoms with Crippen molar-refractivity contribution in [2.45, 2.75) is 32.6 Å². The topological polar surface area (TPSA) is 3.24 Å². The summed E-state index contributed by atoms with van der Waals surface area (Å²) in [5.74, 6) is 0.939. The molecule has 1 nitrogen and oxygen atoms in total. The highest BCUT2D eigenvalue weighted by molar-refractivity contribution is 4.94. The van der Waals surface area contributed by atoms with Crippen molar-refractivity contribution in [1.29, 1.82) is 0 Å². The molecule has 0 N–H and O–H groups in total. The predicted molar refractivity (Wildman–Crippen MR) is 47.6 cm³/mol. The van der Waals surface area contributed by atoms with Gasteiger partial charge >= 0.3 is 0 Å². The Hall–Kier alpha value is -0.0400. The third-order valence-corrected chi connectivity index (χ3v) is 3.42. The first kappa shape index (κ1) is 7.60. The van der Waals surface area contributed by atoms with E-state index >= 15 is 0 Å². The van der Waals surface area contributed by atoms with E-state index in [1.807, 2.05) is 0 Å². The minimum Gasteiger partial charge on any atom is -0.306 e. The lowest BCUT2D eigenvalue weighted by Crippen LogP contribution is -2.48. The van der Waals surface area contributed by atoms with Crippen LogP contribution in [0.4, 0.5) is 0 Å². The van der Waals surface area contributed by atoms with E-state index in [9.17, 15) is 0 Å². The van der Waals surface area contributed by atoms with Crippen LogP contribution in [0.25, 0.3) is 0 Å². The third-order valence-electron chi connectivity index (χ3n) is 3.42. The molecular formula is C10H19N. The van der Waals surface area contributed by atoms with Gasteiger partial charge in [0, 0.05) is 13.1 Å². The fourth-order valence-electron chi connectivity index (χ4n) is 3.08. The minimum absolute atomic E-state index is 0.770. The van der Waals surface area contributed by atoms with E-state index in [1.165, 1.54) is 38.8 Å². The zero-order chi connectivity index (χ0) is 7.90. The molecule has 1 unspecified atom stereocenters. The van der Waals surface area contributed by atoms with Crippen molar-refractivity contribution in [1.82, 2.24) is 4.90 Å². The molecule has 1 aliphatic carbocycles. The minimum atomic E-state index is 0.770. The Morgan fingerprint density at radius 3 is 2.55 bits per heavy atom. The lowest BCUT2D eigenvalue weighted by Gasteiger charge is -2.50. The van der Waals surface area contributed by atoms with Gasteiger partial charge in [-0.3, -0.25) is 0 Å². The summed E-state index contributed by atoms with van der Waals surface area (Å²) in [4.78, 5) is 2.52. The van der Waals surface area contributed by atoms with Crippen LogP contribution >= 0.6 is 0 Å². The molecule has 0 amide bonds. The van der Waals surface area contributed by atoms with Crippen molar-refractivity contribution < 1.29 is 0 Å². The quantitative estimate of drug-likeness (QED) is 0.515. The molecule has 1 saturated heterocycles. The average Bonchev–Trinajstić information content (AvgIpc) is 1.82. The second-order valence-corrected chi connectivity index (χ2v) is 4.86. The first-order valence-electron chi connectivity index (χ1n) is 4.89. The Labute approximate surface area is 69.8 Å². The monoisotopic (exact) mass is 153 g/mol. The third kappa shape index (κ3) is 1.31. The Kier molecular flexibility index (Phi) is 1.71. The fourth-order valence-corrected chi connectivity index (χ4v) is 3.08. The summed E-state index contributed by atoms with van der Waals surface area (Å²) >= 11 is 0. The van der Waals surface area contributed by atoms with Crippen molar-refractivity contribution in [2.75, 3.05) is 20.1 Å². The fraction of sp³-hybridized carbons (Fsp3) is 1.00. The van der Waals surface area contributed by atoms with Gasteiger partial charge in [0.15, 0.2) is 0 Å². The maximum atomic E-state index is 2.52. The summed E-state index contributed by atoms with van der Waals surface area (Å²) in [6, 6.07) is 0. The van der Waals surface area contributed by atoms with Gasteiger partial charge < -0.3 is 4.90 Å². The summed E-state index contributed by atoms with van der Waals surface area (Å²) in [5.41, 5.74) is 0.770. The Balaban J connectivity index is 2.00. The summed E-state index contributed by atoms with van der Waals surface area (Å²) in [6.07, 6.45) is 5.99. The van der Waals surface area contributed by atoms with Crippen LogP contribution in [0.1, 0.15) is 32.6 Å². The largest absolute Gasteiger partial charge is 0.306 e. The number of likely N-dealkylation sites (tertiary alicyclic amines) is 1. The van der Waals surface area contributed by atoms with Gasteiger partial charge in [0.1, 0.15) is 0 Å². The molecule has 64 valence electrons. The van der Waals surface area contributed by atoms with E-state index in [1.54, 1.807) is 0 Å². The molecule has 0 aromatic rings. The molecule has 1 heteroatoms. The zero-order valence-electron chi connectivity index (χ0n) is 7.77. The molecule has 1 atom stereocenters. The summed E-state index contributed by atoms with van der Waals surface area (Å²) in [5, 5.41) is 0. The highest BCUT2D eigenvalue weighted by atomic mass is 15.1. The lowest BCUT2D eigenvalue weighted by atomic mass is 9.62.